The monoisotopic (exact) mass is 261 g/mol. The van der Waals surface area contributed by atoms with Gasteiger partial charge in [-0.15, -0.1) is 0 Å². The molecule has 2 aromatic heterocycles. The molecule has 0 bridgehead atoms. The molecular weight excluding hydrogens is 242 g/mol. The molecule has 0 spiro atoms. The maximum absolute atomic E-state index is 5.62. The van der Waals surface area contributed by atoms with E-state index in [2.05, 4.69) is 15.5 Å². The van der Waals surface area contributed by atoms with Gasteiger partial charge in [0.1, 0.15) is 11.5 Å². The van der Waals surface area contributed by atoms with E-state index in [1.807, 2.05) is 25.3 Å². The standard InChI is InChI=1S/C14H19N3O2/c1-10-4-5-13(19-10)14-11(8-16-17-14)7-15-9-12-3-2-6-18-12/h4-5,8,12,15H,2-3,6-7,9H2,1H3,(H,16,17). The van der Waals surface area contributed by atoms with Gasteiger partial charge in [0.05, 0.1) is 12.3 Å². The third-order valence-electron chi connectivity index (χ3n) is 3.42. The zero-order valence-corrected chi connectivity index (χ0v) is 11.1. The molecule has 3 rings (SSSR count). The molecule has 1 atom stereocenters. The number of H-pyrrole nitrogens is 1. The molecule has 0 aromatic carbocycles. The number of aromatic amines is 1. The number of furan rings is 1. The van der Waals surface area contributed by atoms with Crippen molar-refractivity contribution < 1.29 is 9.15 Å². The molecule has 1 fully saturated rings. The molecule has 1 unspecified atom stereocenters. The quantitative estimate of drug-likeness (QED) is 0.866. The van der Waals surface area contributed by atoms with Crippen LogP contribution in [0.15, 0.2) is 22.7 Å². The first kappa shape index (κ1) is 12.4. The summed E-state index contributed by atoms with van der Waals surface area (Å²) in [5, 5.41) is 10.5. The van der Waals surface area contributed by atoms with E-state index in [-0.39, 0.29) is 0 Å². The molecule has 5 heteroatoms. The third kappa shape index (κ3) is 2.88. The normalized spacial score (nSPS) is 19.1. The molecule has 1 aliphatic heterocycles. The second-order valence-electron chi connectivity index (χ2n) is 4.95. The molecule has 19 heavy (non-hydrogen) atoms. The van der Waals surface area contributed by atoms with E-state index >= 15 is 0 Å². The van der Waals surface area contributed by atoms with E-state index in [1.165, 1.54) is 6.42 Å². The van der Waals surface area contributed by atoms with Crippen molar-refractivity contribution >= 4 is 0 Å². The van der Waals surface area contributed by atoms with E-state index in [0.29, 0.717) is 6.10 Å². The minimum Gasteiger partial charge on any atom is -0.460 e. The van der Waals surface area contributed by atoms with Gasteiger partial charge in [-0.1, -0.05) is 0 Å². The third-order valence-corrected chi connectivity index (χ3v) is 3.42. The molecule has 1 aliphatic rings. The minimum atomic E-state index is 0.362. The highest BCUT2D eigenvalue weighted by molar-refractivity contribution is 5.56. The summed E-state index contributed by atoms with van der Waals surface area (Å²) >= 11 is 0. The number of rotatable bonds is 5. The summed E-state index contributed by atoms with van der Waals surface area (Å²) in [6, 6.07) is 3.92. The van der Waals surface area contributed by atoms with Crippen LogP contribution in [-0.2, 0) is 11.3 Å². The molecule has 2 N–H and O–H groups in total. The van der Waals surface area contributed by atoms with Gasteiger partial charge in [-0.2, -0.15) is 5.10 Å². The average molecular weight is 261 g/mol. The number of hydrogen-bond donors (Lipinski definition) is 2. The van der Waals surface area contributed by atoms with Crippen LogP contribution in [0.4, 0.5) is 0 Å². The molecule has 5 nitrogen and oxygen atoms in total. The predicted octanol–water partition coefficient (Wildman–Crippen LogP) is 2.25. The summed E-state index contributed by atoms with van der Waals surface area (Å²) in [6.45, 7) is 4.50. The van der Waals surface area contributed by atoms with Crippen molar-refractivity contribution in [1.29, 1.82) is 0 Å². The lowest BCUT2D eigenvalue weighted by molar-refractivity contribution is 0.110. The predicted molar refractivity (Wildman–Crippen MR) is 71.7 cm³/mol. The van der Waals surface area contributed by atoms with E-state index in [4.69, 9.17) is 9.15 Å². The number of aromatic nitrogens is 2. The minimum absolute atomic E-state index is 0.362. The van der Waals surface area contributed by atoms with Gasteiger partial charge in [-0.3, -0.25) is 5.10 Å². The highest BCUT2D eigenvalue weighted by Gasteiger charge is 2.16. The molecule has 2 aromatic rings. The van der Waals surface area contributed by atoms with Gasteiger partial charge in [0.15, 0.2) is 5.76 Å². The summed E-state index contributed by atoms with van der Waals surface area (Å²) in [4.78, 5) is 0. The first-order valence-electron chi connectivity index (χ1n) is 6.74. The van der Waals surface area contributed by atoms with Crippen molar-refractivity contribution in [1.82, 2.24) is 15.5 Å². The van der Waals surface area contributed by atoms with Gasteiger partial charge in [0.2, 0.25) is 0 Å². The number of nitrogens with one attached hydrogen (secondary N) is 2. The lowest BCUT2D eigenvalue weighted by atomic mass is 10.2. The Kier molecular flexibility index (Phi) is 3.66. The summed E-state index contributed by atoms with van der Waals surface area (Å²) in [7, 11) is 0. The van der Waals surface area contributed by atoms with Gasteiger partial charge in [0.25, 0.3) is 0 Å². The van der Waals surface area contributed by atoms with E-state index in [9.17, 15) is 0 Å². The Labute approximate surface area is 112 Å². The lowest BCUT2D eigenvalue weighted by Crippen LogP contribution is -2.25. The molecule has 0 aliphatic carbocycles. The van der Waals surface area contributed by atoms with Crippen molar-refractivity contribution in [2.45, 2.75) is 32.4 Å². The van der Waals surface area contributed by atoms with Crippen LogP contribution in [-0.4, -0.2) is 29.5 Å². The average Bonchev–Trinajstić information content (AvgIpc) is 3.10. The van der Waals surface area contributed by atoms with Crippen LogP contribution in [0, 0.1) is 6.92 Å². The first-order chi connectivity index (χ1) is 9.33. The zero-order chi connectivity index (χ0) is 13.1. The fourth-order valence-electron chi connectivity index (χ4n) is 2.40. The molecule has 3 heterocycles. The lowest BCUT2D eigenvalue weighted by Gasteiger charge is -2.10. The maximum atomic E-state index is 5.62. The van der Waals surface area contributed by atoms with Crippen molar-refractivity contribution in [3.63, 3.8) is 0 Å². The van der Waals surface area contributed by atoms with Crippen molar-refractivity contribution in [3.05, 3.63) is 29.7 Å². The highest BCUT2D eigenvalue weighted by Crippen LogP contribution is 2.23. The number of aryl methyl sites for hydroxylation is 1. The van der Waals surface area contributed by atoms with Crippen LogP contribution in [0.25, 0.3) is 11.5 Å². The second-order valence-corrected chi connectivity index (χ2v) is 4.95. The fourth-order valence-corrected chi connectivity index (χ4v) is 2.40. The number of nitrogens with zero attached hydrogens (tertiary/aromatic N) is 1. The number of hydrogen-bond acceptors (Lipinski definition) is 4. The molecular formula is C14H19N3O2. The Balaban J connectivity index is 1.60. The van der Waals surface area contributed by atoms with Gasteiger partial charge in [-0.05, 0) is 31.9 Å². The summed E-state index contributed by atoms with van der Waals surface area (Å²) < 4.78 is 11.2. The van der Waals surface area contributed by atoms with Gasteiger partial charge in [-0.25, -0.2) is 0 Å². The molecule has 1 saturated heterocycles. The largest absolute Gasteiger partial charge is 0.460 e. The maximum Gasteiger partial charge on any atom is 0.152 e. The smallest absolute Gasteiger partial charge is 0.152 e. The van der Waals surface area contributed by atoms with Crippen LogP contribution in [0.5, 0.6) is 0 Å². The fraction of sp³-hybridized carbons (Fsp3) is 0.500. The van der Waals surface area contributed by atoms with Crippen molar-refractivity contribution in [2.24, 2.45) is 0 Å². The molecule has 102 valence electrons. The first-order valence-corrected chi connectivity index (χ1v) is 6.74. The summed E-state index contributed by atoms with van der Waals surface area (Å²) in [6.07, 6.45) is 4.54. The van der Waals surface area contributed by atoms with Gasteiger partial charge >= 0.3 is 0 Å². The Morgan fingerprint density at radius 1 is 1.47 bits per heavy atom. The van der Waals surface area contributed by atoms with Crippen LogP contribution in [0.1, 0.15) is 24.2 Å². The van der Waals surface area contributed by atoms with Gasteiger partial charge < -0.3 is 14.5 Å². The van der Waals surface area contributed by atoms with Crippen LogP contribution in [0.2, 0.25) is 0 Å². The molecule has 0 amide bonds. The highest BCUT2D eigenvalue weighted by atomic mass is 16.5. The zero-order valence-electron chi connectivity index (χ0n) is 11.1. The second kappa shape index (κ2) is 5.59. The number of ether oxygens (including phenoxy) is 1. The molecule has 0 radical (unpaired) electrons. The van der Waals surface area contributed by atoms with Crippen LogP contribution < -0.4 is 5.32 Å². The van der Waals surface area contributed by atoms with E-state index in [0.717, 1.165) is 48.9 Å². The SMILES string of the molecule is Cc1ccc(-c2[nH]ncc2CNCC2CCCO2)o1. The topological polar surface area (TPSA) is 63.1 Å². The van der Waals surface area contributed by atoms with Gasteiger partial charge in [0, 0.05) is 25.3 Å². The van der Waals surface area contributed by atoms with Crippen LogP contribution >= 0.6 is 0 Å². The Hall–Kier alpha value is -1.59. The van der Waals surface area contributed by atoms with Crippen molar-refractivity contribution in [3.8, 4) is 11.5 Å². The Bertz CT molecular complexity index is 526. The summed E-state index contributed by atoms with van der Waals surface area (Å²) in [5.74, 6) is 1.74. The van der Waals surface area contributed by atoms with E-state index < -0.39 is 0 Å². The van der Waals surface area contributed by atoms with Crippen molar-refractivity contribution in [2.75, 3.05) is 13.2 Å². The molecule has 0 saturated carbocycles. The Morgan fingerprint density at radius 2 is 2.42 bits per heavy atom. The summed E-state index contributed by atoms with van der Waals surface area (Å²) in [5.41, 5.74) is 2.07. The Morgan fingerprint density at radius 3 is 3.16 bits per heavy atom. The van der Waals surface area contributed by atoms with Crippen LogP contribution in [0.3, 0.4) is 0 Å². The van der Waals surface area contributed by atoms with E-state index in [1.54, 1.807) is 0 Å².